The third kappa shape index (κ3) is 4.10. The highest BCUT2D eigenvalue weighted by Gasteiger charge is 2.30. The summed E-state index contributed by atoms with van der Waals surface area (Å²) >= 11 is 6.79. The van der Waals surface area contributed by atoms with Crippen molar-refractivity contribution in [2.75, 3.05) is 5.32 Å². The minimum Gasteiger partial charge on any atom is -0.333 e. The van der Waals surface area contributed by atoms with Crippen molar-refractivity contribution in [3.63, 3.8) is 0 Å². The fourth-order valence-electron chi connectivity index (χ4n) is 2.16. The van der Waals surface area contributed by atoms with Crippen molar-refractivity contribution in [2.24, 2.45) is 4.40 Å². The average molecular weight is 407 g/mol. The highest BCUT2D eigenvalue weighted by Crippen LogP contribution is 2.33. The summed E-state index contributed by atoms with van der Waals surface area (Å²) in [5, 5.41) is 3.20. The lowest BCUT2D eigenvalue weighted by Gasteiger charge is -2.18. The van der Waals surface area contributed by atoms with E-state index in [2.05, 4.69) is 9.71 Å². The Hall–Kier alpha value is -1.71. The van der Waals surface area contributed by atoms with Gasteiger partial charge in [0.15, 0.2) is 5.17 Å². The van der Waals surface area contributed by atoms with Crippen LogP contribution in [0.1, 0.15) is 11.1 Å². The number of anilines is 1. The van der Waals surface area contributed by atoms with Gasteiger partial charge in [-0.1, -0.05) is 41.6 Å². The topological polar surface area (TPSA) is 58.5 Å². The van der Waals surface area contributed by atoms with E-state index in [0.29, 0.717) is 11.3 Å². The molecule has 0 spiro atoms. The first kappa shape index (κ1) is 18.1. The number of hydrogen-bond acceptors (Lipinski definition) is 4. The van der Waals surface area contributed by atoms with Gasteiger partial charge >= 0.3 is 6.18 Å². The molecule has 0 fully saturated rings. The Labute approximate surface area is 151 Å². The summed E-state index contributed by atoms with van der Waals surface area (Å²) in [7, 11) is -3.91. The van der Waals surface area contributed by atoms with Crippen molar-refractivity contribution >= 4 is 44.2 Å². The molecule has 3 rings (SSSR count). The summed E-state index contributed by atoms with van der Waals surface area (Å²) in [6.45, 7) is 0. The number of nitrogens with zero attached hydrogens (tertiary/aromatic N) is 1. The first-order valence-corrected chi connectivity index (χ1v) is 9.66. The predicted octanol–water partition coefficient (Wildman–Crippen LogP) is 4.76. The van der Waals surface area contributed by atoms with E-state index < -0.39 is 21.8 Å². The van der Waals surface area contributed by atoms with Crippen LogP contribution in [0.3, 0.4) is 0 Å². The molecule has 0 atom stereocenters. The summed E-state index contributed by atoms with van der Waals surface area (Å²) in [4.78, 5) is -0.0385. The number of nitrogens with one attached hydrogen (secondary N) is 1. The second-order valence-electron chi connectivity index (χ2n) is 5.12. The number of benzene rings is 2. The van der Waals surface area contributed by atoms with Gasteiger partial charge in [-0.3, -0.25) is 0 Å². The van der Waals surface area contributed by atoms with Crippen LogP contribution in [-0.4, -0.2) is 13.6 Å². The molecule has 0 aliphatic carbocycles. The van der Waals surface area contributed by atoms with Crippen molar-refractivity contribution in [1.29, 1.82) is 0 Å². The summed E-state index contributed by atoms with van der Waals surface area (Å²) < 4.78 is 66.2. The third-order valence-electron chi connectivity index (χ3n) is 3.30. The smallest absolute Gasteiger partial charge is 0.333 e. The van der Waals surface area contributed by atoms with E-state index in [1.165, 1.54) is 30.3 Å². The zero-order valence-corrected chi connectivity index (χ0v) is 14.7. The van der Waals surface area contributed by atoms with Crippen LogP contribution in [0.15, 0.2) is 51.8 Å². The molecule has 0 unspecified atom stereocenters. The van der Waals surface area contributed by atoms with Crippen molar-refractivity contribution in [1.82, 2.24) is 0 Å². The van der Waals surface area contributed by atoms with Gasteiger partial charge in [-0.2, -0.15) is 21.6 Å². The van der Waals surface area contributed by atoms with E-state index in [-0.39, 0.29) is 20.8 Å². The average Bonchev–Trinajstić information content (AvgIpc) is 2.53. The maximum atomic E-state index is 12.7. The third-order valence-corrected chi connectivity index (χ3v) is 5.91. The zero-order valence-electron chi connectivity index (χ0n) is 12.3. The molecule has 132 valence electrons. The number of hydrogen-bond donors (Lipinski definition) is 1. The van der Waals surface area contributed by atoms with Gasteiger partial charge in [0.2, 0.25) is 0 Å². The molecule has 0 radical (unpaired) electrons. The first-order valence-electron chi connectivity index (χ1n) is 6.86. The molecule has 0 saturated heterocycles. The first-order chi connectivity index (χ1) is 11.6. The molecular formula is C15H10ClF3N2O2S2. The molecule has 1 aliphatic rings. The molecule has 0 saturated carbocycles. The van der Waals surface area contributed by atoms with E-state index in [1.807, 2.05) is 0 Å². The van der Waals surface area contributed by atoms with Gasteiger partial charge in [0.1, 0.15) is 4.90 Å². The van der Waals surface area contributed by atoms with E-state index >= 15 is 0 Å². The van der Waals surface area contributed by atoms with Crippen LogP contribution in [0.4, 0.5) is 18.9 Å². The second-order valence-corrected chi connectivity index (χ2v) is 8.10. The van der Waals surface area contributed by atoms with Crippen LogP contribution in [0.25, 0.3) is 0 Å². The van der Waals surface area contributed by atoms with Crippen molar-refractivity contribution in [2.45, 2.75) is 16.8 Å². The maximum Gasteiger partial charge on any atom is 0.416 e. The Morgan fingerprint density at radius 3 is 2.64 bits per heavy atom. The van der Waals surface area contributed by atoms with Gasteiger partial charge in [-0.05, 0) is 29.8 Å². The number of sulfonamides is 1. The molecule has 2 aromatic carbocycles. The van der Waals surface area contributed by atoms with E-state index in [0.717, 1.165) is 23.9 Å². The van der Waals surface area contributed by atoms with Crippen molar-refractivity contribution in [3.05, 3.63) is 58.6 Å². The highest BCUT2D eigenvalue weighted by atomic mass is 35.5. The van der Waals surface area contributed by atoms with Crippen LogP contribution in [0, 0.1) is 0 Å². The van der Waals surface area contributed by atoms with Gasteiger partial charge in [0, 0.05) is 10.8 Å². The fourth-order valence-corrected chi connectivity index (χ4v) is 4.60. The largest absolute Gasteiger partial charge is 0.416 e. The molecule has 4 nitrogen and oxygen atoms in total. The van der Waals surface area contributed by atoms with Crippen LogP contribution in [0.2, 0.25) is 5.02 Å². The second kappa shape index (κ2) is 6.54. The Bertz CT molecular complexity index is 959. The number of amidine groups is 1. The summed E-state index contributed by atoms with van der Waals surface area (Å²) in [6, 6.07) is 9.18. The minimum absolute atomic E-state index is 0.0385. The van der Waals surface area contributed by atoms with Gasteiger partial charge in [-0.15, -0.1) is 4.40 Å². The highest BCUT2D eigenvalue weighted by molar-refractivity contribution is 8.14. The van der Waals surface area contributed by atoms with Gasteiger partial charge < -0.3 is 5.32 Å². The van der Waals surface area contributed by atoms with Crippen molar-refractivity contribution in [3.8, 4) is 0 Å². The van der Waals surface area contributed by atoms with Crippen molar-refractivity contribution < 1.29 is 21.6 Å². The zero-order chi connectivity index (χ0) is 18.2. The Morgan fingerprint density at radius 2 is 1.92 bits per heavy atom. The lowest BCUT2D eigenvalue weighted by molar-refractivity contribution is -0.137. The molecule has 2 aromatic rings. The predicted molar refractivity (Wildman–Crippen MR) is 92.4 cm³/mol. The molecule has 1 N–H and O–H groups in total. The standard InChI is InChI=1S/C15H10ClF3N2O2S2/c16-11-4-5-12-13(7-11)25(22,23)21-14(20-12)24-8-9-2-1-3-10(6-9)15(17,18)19/h1-7H,8H2,(H,20,21). The summed E-state index contributed by atoms with van der Waals surface area (Å²) in [6.07, 6.45) is -4.43. The normalized spacial score (nSPS) is 15.9. The molecule has 0 amide bonds. The van der Waals surface area contributed by atoms with E-state index in [9.17, 15) is 21.6 Å². The quantitative estimate of drug-likeness (QED) is 0.781. The Morgan fingerprint density at radius 1 is 1.16 bits per heavy atom. The molecule has 1 aliphatic heterocycles. The van der Waals surface area contributed by atoms with E-state index in [1.54, 1.807) is 0 Å². The molecular weight excluding hydrogens is 397 g/mol. The Kier molecular flexibility index (Phi) is 4.74. The molecule has 0 aromatic heterocycles. The molecule has 0 bridgehead atoms. The number of halogens is 4. The van der Waals surface area contributed by atoms with Crippen LogP contribution in [-0.2, 0) is 22.0 Å². The van der Waals surface area contributed by atoms with Crippen LogP contribution < -0.4 is 5.32 Å². The fraction of sp³-hybridized carbons (Fsp3) is 0.133. The van der Waals surface area contributed by atoms with Crippen LogP contribution >= 0.6 is 23.4 Å². The summed E-state index contributed by atoms with van der Waals surface area (Å²) in [5.74, 6) is 0.133. The number of fused-ring (bicyclic) bond motifs is 1. The molecule has 25 heavy (non-hydrogen) atoms. The van der Waals surface area contributed by atoms with Gasteiger partial charge in [0.25, 0.3) is 10.0 Å². The SMILES string of the molecule is O=S1(=O)N=C(SCc2cccc(C(F)(F)F)c2)Nc2ccc(Cl)cc21. The number of rotatable bonds is 2. The number of alkyl halides is 3. The van der Waals surface area contributed by atoms with Crippen LogP contribution in [0.5, 0.6) is 0 Å². The summed E-state index contributed by atoms with van der Waals surface area (Å²) in [5.41, 5.74) is -0.0219. The number of thioether (sulfide) groups is 1. The Balaban J connectivity index is 1.79. The monoisotopic (exact) mass is 406 g/mol. The van der Waals surface area contributed by atoms with Gasteiger partial charge in [-0.25, -0.2) is 0 Å². The molecule has 1 heterocycles. The molecule has 10 heteroatoms. The minimum atomic E-state index is -4.43. The lowest BCUT2D eigenvalue weighted by atomic mass is 10.1. The lowest BCUT2D eigenvalue weighted by Crippen LogP contribution is -2.19. The van der Waals surface area contributed by atoms with E-state index in [4.69, 9.17) is 11.6 Å². The van der Waals surface area contributed by atoms with Gasteiger partial charge in [0.05, 0.1) is 11.3 Å². The maximum absolute atomic E-state index is 12.7.